The van der Waals surface area contributed by atoms with Crippen LogP contribution in [0.4, 0.5) is 0 Å². The lowest BCUT2D eigenvalue weighted by Gasteiger charge is -1.82. The third-order valence-corrected chi connectivity index (χ3v) is 0.533. The quantitative estimate of drug-likeness (QED) is 0.508. The van der Waals surface area contributed by atoms with Crippen molar-refractivity contribution < 1.29 is 0 Å². The summed E-state index contributed by atoms with van der Waals surface area (Å²) in [6.07, 6.45) is 3.56. The molecule has 2 heteroatoms. The largest absolute Gasteiger partial charge is 0.316 e. The van der Waals surface area contributed by atoms with Gasteiger partial charge in [-0.2, -0.15) is 0 Å². The predicted octanol–water partition coefficient (Wildman–Crippen LogP) is 0.420. The third kappa shape index (κ3) is 5.37. The molecule has 0 rings (SSSR count). The molecule has 0 aromatic heterocycles. The number of nitrogens with one attached hydrogen (secondary N) is 1. The Morgan fingerprint density at radius 3 is 3.00 bits per heavy atom. The Balaban J connectivity index is 2.92. The van der Waals surface area contributed by atoms with Crippen LogP contribution in [0.5, 0.6) is 0 Å². The Hall–Kier alpha value is -0.630. The van der Waals surface area contributed by atoms with Gasteiger partial charge >= 0.3 is 0 Å². The fraction of sp³-hybridized carbons (Fsp3) is 0.400. The van der Waals surface area contributed by atoms with Crippen molar-refractivity contribution in [2.45, 2.75) is 0 Å². The number of nitrogens with zero attached hydrogens (tertiary/aromatic N) is 1. The average Bonchev–Trinajstić information content (AvgIpc) is 1.69. The Bertz CT molecular complexity index is 66.5. The minimum atomic E-state index is 0.860. The van der Waals surface area contributed by atoms with Crippen LogP contribution in [0.2, 0.25) is 0 Å². The van der Waals surface area contributed by atoms with Gasteiger partial charge in [0.2, 0.25) is 0 Å². The van der Waals surface area contributed by atoms with Crippen LogP contribution in [-0.4, -0.2) is 20.3 Å². The second-order valence-electron chi connectivity index (χ2n) is 1.13. The van der Waals surface area contributed by atoms with Crippen molar-refractivity contribution in [3.8, 4) is 0 Å². The van der Waals surface area contributed by atoms with Gasteiger partial charge in [0, 0.05) is 12.7 Å². The highest BCUT2D eigenvalue weighted by molar-refractivity contribution is 5.25. The standard InChI is InChI=1S/C5H10N2/c1-6-4-3-5-7-2/h3-4,7H,1,5H2,2H3/b4-3-. The molecule has 0 aliphatic carbocycles. The molecule has 0 fully saturated rings. The SMILES string of the molecule is C=N/C=C\CNC. The number of likely N-dealkylation sites (N-methyl/N-ethyl adjacent to an activating group) is 1. The highest BCUT2D eigenvalue weighted by atomic mass is 14.8. The van der Waals surface area contributed by atoms with E-state index in [1.165, 1.54) is 0 Å². The van der Waals surface area contributed by atoms with Crippen molar-refractivity contribution in [2.75, 3.05) is 13.6 Å². The van der Waals surface area contributed by atoms with Crippen molar-refractivity contribution in [1.82, 2.24) is 5.32 Å². The van der Waals surface area contributed by atoms with Crippen LogP contribution in [0.1, 0.15) is 0 Å². The summed E-state index contributed by atoms with van der Waals surface area (Å²) in [5.74, 6) is 0. The second kappa shape index (κ2) is 5.37. The molecule has 1 N–H and O–H groups in total. The van der Waals surface area contributed by atoms with Crippen LogP contribution >= 0.6 is 0 Å². The first kappa shape index (κ1) is 6.37. The van der Waals surface area contributed by atoms with Gasteiger partial charge in [-0.05, 0) is 13.8 Å². The van der Waals surface area contributed by atoms with Gasteiger partial charge in [-0.15, -0.1) is 0 Å². The second-order valence-corrected chi connectivity index (χ2v) is 1.13. The van der Waals surface area contributed by atoms with E-state index in [9.17, 15) is 0 Å². The fourth-order valence-corrected chi connectivity index (χ4v) is 0.245. The maximum absolute atomic E-state index is 3.50. The molecule has 0 atom stereocenters. The highest BCUT2D eigenvalue weighted by Crippen LogP contribution is 1.66. The van der Waals surface area contributed by atoms with E-state index in [1.54, 1.807) is 6.20 Å². The normalized spacial score (nSPS) is 9.86. The summed E-state index contributed by atoms with van der Waals surface area (Å²) in [6, 6.07) is 0. The molecule has 0 aromatic carbocycles. The predicted molar refractivity (Wildman–Crippen MR) is 32.6 cm³/mol. The molecule has 0 saturated heterocycles. The van der Waals surface area contributed by atoms with E-state index in [0.29, 0.717) is 0 Å². The first-order chi connectivity index (χ1) is 3.41. The van der Waals surface area contributed by atoms with Crippen LogP contribution < -0.4 is 5.32 Å². The molecule has 0 aliphatic rings. The van der Waals surface area contributed by atoms with Gasteiger partial charge in [0.05, 0.1) is 0 Å². The van der Waals surface area contributed by atoms with Crippen LogP contribution in [-0.2, 0) is 0 Å². The van der Waals surface area contributed by atoms with Gasteiger partial charge in [0.15, 0.2) is 0 Å². The molecule has 0 saturated carbocycles. The summed E-state index contributed by atoms with van der Waals surface area (Å²) in [7, 11) is 1.88. The van der Waals surface area contributed by atoms with E-state index < -0.39 is 0 Å². The number of rotatable bonds is 3. The van der Waals surface area contributed by atoms with Gasteiger partial charge in [0.25, 0.3) is 0 Å². The Morgan fingerprint density at radius 1 is 1.86 bits per heavy atom. The van der Waals surface area contributed by atoms with Crippen molar-refractivity contribution in [3.05, 3.63) is 12.3 Å². The maximum Gasteiger partial charge on any atom is 0.0233 e. The lowest BCUT2D eigenvalue weighted by molar-refractivity contribution is 0.918. The number of hydrogen-bond acceptors (Lipinski definition) is 2. The van der Waals surface area contributed by atoms with Gasteiger partial charge in [-0.3, -0.25) is 4.99 Å². The molecule has 0 aromatic rings. The third-order valence-electron chi connectivity index (χ3n) is 0.533. The first-order valence-electron chi connectivity index (χ1n) is 2.17. The molecule has 0 amide bonds. The minimum Gasteiger partial charge on any atom is -0.316 e. The molecule has 0 spiro atoms. The van der Waals surface area contributed by atoms with Crippen LogP contribution in [0.3, 0.4) is 0 Å². The molecule has 7 heavy (non-hydrogen) atoms. The zero-order chi connectivity index (χ0) is 5.54. The van der Waals surface area contributed by atoms with E-state index in [2.05, 4.69) is 17.0 Å². The van der Waals surface area contributed by atoms with E-state index in [4.69, 9.17) is 0 Å². The monoisotopic (exact) mass is 98.1 g/mol. The van der Waals surface area contributed by atoms with Gasteiger partial charge < -0.3 is 5.32 Å². The maximum atomic E-state index is 3.50. The molecule has 0 radical (unpaired) electrons. The molecule has 0 unspecified atom stereocenters. The number of aliphatic imine (C=N–C) groups is 1. The van der Waals surface area contributed by atoms with Crippen molar-refractivity contribution >= 4 is 6.72 Å². The van der Waals surface area contributed by atoms with Crippen LogP contribution in [0.25, 0.3) is 0 Å². The molecular formula is C5H10N2. The molecule has 0 bridgehead atoms. The average molecular weight is 98.1 g/mol. The van der Waals surface area contributed by atoms with Crippen molar-refractivity contribution in [1.29, 1.82) is 0 Å². The zero-order valence-corrected chi connectivity index (χ0v) is 4.52. The lowest BCUT2D eigenvalue weighted by Crippen LogP contribution is -2.03. The van der Waals surface area contributed by atoms with E-state index in [-0.39, 0.29) is 0 Å². The van der Waals surface area contributed by atoms with Gasteiger partial charge in [0.1, 0.15) is 0 Å². The summed E-state index contributed by atoms with van der Waals surface area (Å²) >= 11 is 0. The highest BCUT2D eigenvalue weighted by Gasteiger charge is 1.63. The topological polar surface area (TPSA) is 24.4 Å². The smallest absolute Gasteiger partial charge is 0.0233 e. The Morgan fingerprint density at radius 2 is 2.57 bits per heavy atom. The van der Waals surface area contributed by atoms with Crippen LogP contribution in [0.15, 0.2) is 17.3 Å². The van der Waals surface area contributed by atoms with E-state index in [1.807, 2.05) is 13.1 Å². The summed E-state index contributed by atoms with van der Waals surface area (Å²) < 4.78 is 0. The zero-order valence-electron chi connectivity index (χ0n) is 4.52. The summed E-state index contributed by atoms with van der Waals surface area (Å²) in [5, 5.41) is 2.93. The molecular weight excluding hydrogens is 88.1 g/mol. The summed E-state index contributed by atoms with van der Waals surface area (Å²) in [5.41, 5.74) is 0. The summed E-state index contributed by atoms with van der Waals surface area (Å²) in [6.45, 7) is 4.13. The molecule has 2 nitrogen and oxygen atoms in total. The molecule has 40 valence electrons. The van der Waals surface area contributed by atoms with Crippen molar-refractivity contribution in [3.63, 3.8) is 0 Å². The minimum absolute atomic E-state index is 0.860. The lowest BCUT2D eigenvalue weighted by atomic mass is 10.6. The molecule has 0 aliphatic heterocycles. The van der Waals surface area contributed by atoms with Gasteiger partial charge in [-0.25, -0.2) is 0 Å². The van der Waals surface area contributed by atoms with Crippen molar-refractivity contribution in [2.24, 2.45) is 4.99 Å². The van der Waals surface area contributed by atoms with E-state index in [0.717, 1.165) is 6.54 Å². The van der Waals surface area contributed by atoms with Crippen LogP contribution in [0, 0.1) is 0 Å². The van der Waals surface area contributed by atoms with E-state index >= 15 is 0 Å². The Kier molecular flexibility index (Phi) is 4.89. The first-order valence-corrected chi connectivity index (χ1v) is 2.17. The number of hydrogen-bond donors (Lipinski definition) is 1. The van der Waals surface area contributed by atoms with Gasteiger partial charge in [-0.1, -0.05) is 6.08 Å². The summed E-state index contributed by atoms with van der Waals surface area (Å²) in [4.78, 5) is 3.50. The molecule has 0 heterocycles. The fourth-order valence-electron chi connectivity index (χ4n) is 0.245. The Labute approximate surface area is 44.0 Å².